The number of esters is 1. The summed E-state index contributed by atoms with van der Waals surface area (Å²) < 4.78 is 10.1. The van der Waals surface area contributed by atoms with Crippen LogP contribution >= 0.6 is 0 Å². The lowest BCUT2D eigenvalue weighted by atomic mass is 10.0. The second-order valence-electron chi connectivity index (χ2n) is 4.30. The van der Waals surface area contributed by atoms with Gasteiger partial charge in [-0.1, -0.05) is 12.2 Å². The molecule has 0 aromatic carbocycles. The Balaban J connectivity index is 1.93. The maximum absolute atomic E-state index is 11.4. The van der Waals surface area contributed by atoms with E-state index in [-0.39, 0.29) is 5.97 Å². The highest BCUT2D eigenvalue weighted by Gasteiger charge is 2.30. The van der Waals surface area contributed by atoms with Crippen molar-refractivity contribution in [1.82, 2.24) is 4.90 Å². The molecule has 0 bridgehead atoms. The Morgan fingerprint density at radius 2 is 2.44 bits per heavy atom. The lowest BCUT2D eigenvalue weighted by molar-refractivity contribution is -0.160. The summed E-state index contributed by atoms with van der Waals surface area (Å²) >= 11 is 0. The minimum atomic E-state index is -0.408. The first kappa shape index (κ1) is 11.6. The predicted molar refractivity (Wildman–Crippen MR) is 60.1 cm³/mol. The second kappa shape index (κ2) is 5.46. The molecule has 0 aromatic heterocycles. The largest absolute Gasteiger partial charge is 0.467 e. The third-order valence-corrected chi connectivity index (χ3v) is 3.26. The van der Waals surface area contributed by atoms with Gasteiger partial charge in [-0.15, -0.1) is 0 Å². The molecule has 0 spiro atoms. The standard InChI is InChI=1S/C12H19NO3/c1-15-12(14)11-9-13(7-8-16-11)10-5-3-2-4-6-10/h3,5,10-11H,2,4,6-9H2,1H3. The Morgan fingerprint density at radius 3 is 3.12 bits per heavy atom. The molecule has 1 fully saturated rings. The fourth-order valence-electron chi connectivity index (χ4n) is 2.34. The molecule has 1 saturated heterocycles. The van der Waals surface area contributed by atoms with Gasteiger partial charge in [0, 0.05) is 19.1 Å². The van der Waals surface area contributed by atoms with Crippen LogP contribution in [0.1, 0.15) is 19.3 Å². The average molecular weight is 225 g/mol. The Kier molecular flexibility index (Phi) is 3.96. The molecule has 0 amide bonds. The Hall–Kier alpha value is -0.870. The fourth-order valence-corrected chi connectivity index (χ4v) is 2.34. The number of nitrogens with zero attached hydrogens (tertiary/aromatic N) is 1. The molecule has 2 atom stereocenters. The molecule has 4 heteroatoms. The summed E-state index contributed by atoms with van der Waals surface area (Å²) in [5, 5.41) is 0. The molecule has 2 aliphatic rings. The number of rotatable bonds is 2. The maximum atomic E-state index is 11.4. The molecule has 4 nitrogen and oxygen atoms in total. The average Bonchev–Trinajstić information content (AvgIpc) is 2.39. The van der Waals surface area contributed by atoms with Crippen molar-refractivity contribution in [1.29, 1.82) is 0 Å². The van der Waals surface area contributed by atoms with Crippen LogP contribution < -0.4 is 0 Å². The minimum absolute atomic E-state index is 0.260. The topological polar surface area (TPSA) is 38.8 Å². The fraction of sp³-hybridized carbons (Fsp3) is 0.750. The maximum Gasteiger partial charge on any atom is 0.336 e. The molecule has 1 heterocycles. The molecule has 0 N–H and O–H groups in total. The second-order valence-corrected chi connectivity index (χ2v) is 4.30. The summed E-state index contributed by atoms with van der Waals surface area (Å²) in [6.07, 6.45) is 7.68. The smallest absolute Gasteiger partial charge is 0.336 e. The number of hydrogen-bond acceptors (Lipinski definition) is 4. The van der Waals surface area contributed by atoms with Crippen LogP contribution in [0.4, 0.5) is 0 Å². The van der Waals surface area contributed by atoms with E-state index in [9.17, 15) is 4.79 Å². The van der Waals surface area contributed by atoms with Gasteiger partial charge in [-0.05, 0) is 19.3 Å². The first-order chi connectivity index (χ1) is 7.81. The van der Waals surface area contributed by atoms with Crippen molar-refractivity contribution < 1.29 is 14.3 Å². The van der Waals surface area contributed by atoms with Gasteiger partial charge in [0.2, 0.25) is 0 Å². The quantitative estimate of drug-likeness (QED) is 0.518. The summed E-state index contributed by atoms with van der Waals surface area (Å²) in [6.45, 7) is 2.17. The molecule has 0 radical (unpaired) electrons. The molecule has 16 heavy (non-hydrogen) atoms. The molecule has 1 aliphatic heterocycles. The van der Waals surface area contributed by atoms with Crippen LogP contribution in [0, 0.1) is 0 Å². The van der Waals surface area contributed by atoms with Gasteiger partial charge in [0.15, 0.2) is 6.10 Å². The van der Waals surface area contributed by atoms with Crippen molar-refractivity contribution in [2.75, 3.05) is 26.8 Å². The summed E-state index contributed by atoms with van der Waals surface area (Å²) in [7, 11) is 1.41. The van der Waals surface area contributed by atoms with Gasteiger partial charge in [-0.2, -0.15) is 0 Å². The third-order valence-electron chi connectivity index (χ3n) is 3.26. The van der Waals surface area contributed by atoms with Gasteiger partial charge >= 0.3 is 5.97 Å². The van der Waals surface area contributed by atoms with Crippen LogP contribution in [0.5, 0.6) is 0 Å². The predicted octanol–water partition coefficient (Wildman–Crippen LogP) is 0.969. The number of methoxy groups -OCH3 is 1. The number of hydrogen-bond donors (Lipinski definition) is 0. The lowest BCUT2D eigenvalue weighted by Crippen LogP contribution is -2.50. The van der Waals surface area contributed by atoms with E-state index in [4.69, 9.17) is 9.47 Å². The zero-order chi connectivity index (χ0) is 11.4. The van der Waals surface area contributed by atoms with Crippen LogP contribution in [0.3, 0.4) is 0 Å². The van der Waals surface area contributed by atoms with E-state index in [0.717, 1.165) is 6.54 Å². The van der Waals surface area contributed by atoms with Crippen LogP contribution in [-0.2, 0) is 14.3 Å². The van der Waals surface area contributed by atoms with Gasteiger partial charge in [0.25, 0.3) is 0 Å². The summed E-state index contributed by atoms with van der Waals surface area (Å²) in [6, 6.07) is 0.477. The SMILES string of the molecule is COC(=O)C1CN(C2C=CCCC2)CCO1. The monoisotopic (exact) mass is 225 g/mol. The normalized spacial score (nSPS) is 31.3. The number of carbonyl (C=O) groups is 1. The van der Waals surface area contributed by atoms with E-state index < -0.39 is 6.10 Å². The number of morpholine rings is 1. The van der Waals surface area contributed by atoms with Crippen LogP contribution in [0.2, 0.25) is 0 Å². The Bertz CT molecular complexity index is 277. The van der Waals surface area contributed by atoms with Gasteiger partial charge in [0.1, 0.15) is 0 Å². The molecular formula is C12H19NO3. The van der Waals surface area contributed by atoms with E-state index in [0.29, 0.717) is 19.2 Å². The zero-order valence-electron chi connectivity index (χ0n) is 9.72. The number of allylic oxidation sites excluding steroid dienone is 1. The van der Waals surface area contributed by atoms with Crippen LogP contribution in [-0.4, -0.2) is 49.8 Å². The van der Waals surface area contributed by atoms with Crippen molar-refractivity contribution in [3.63, 3.8) is 0 Å². The van der Waals surface area contributed by atoms with Crippen LogP contribution in [0.15, 0.2) is 12.2 Å². The summed E-state index contributed by atoms with van der Waals surface area (Å²) in [5.74, 6) is -0.260. The van der Waals surface area contributed by atoms with Gasteiger partial charge in [-0.25, -0.2) is 4.79 Å². The Labute approximate surface area is 96.2 Å². The minimum Gasteiger partial charge on any atom is -0.467 e. The lowest BCUT2D eigenvalue weighted by Gasteiger charge is -2.37. The molecule has 1 aliphatic carbocycles. The van der Waals surface area contributed by atoms with E-state index in [1.165, 1.54) is 26.4 Å². The molecule has 2 rings (SSSR count). The molecule has 90 valence electrons. The highest BCUT2D eigenvalue weighted by Crippen LogP contribution is 2.19. The van der Waals surface area contributed by atoms with Crippen LogP contribution in [0.25, 0.3) is 0 Å². The first-order valence-electron chi connectivity index (χ1n) is 5.91. The van der Waals surface area contributed by atoms with Gasteiger partial charge in [0.05, 0.1) is 13.7 Å². The van der Waals surface area contributed by atoms with Crippen molar-refractivity contribution in [3.05, 3.63) is 12.2 Å². The van der Waals surface area contributed by atoms with Gasteiger partial charge in [-0.3, -0.25) is 4.90 Å². The highest BCUT2D eigenvalue weighted by atomic mass is 16.6. The van der Waals surface area contributed by atoms with Crippen molar-refractivity contribution >= 4 is 5.97 Å². The summed E-state index contributed by atoms with van der Waals surface area (Å²) in [4.78, 5) is 13.7. The highest BCUT2D eigenvalue weighted by molar-refractivity contribution is 5.74. The van der Waals surface area contributed by atoms with Crippen molar-refractivity contribution in [2.45, 2.75) is 31.4 Å². The van der Waals surface area contributed by atoms with E-state index in [2.05, 4.69) is 17.1 Å². The van der Waals surface area contributed by atoms with E-state index >= 15 is 0 Å². The molecule has 2 unspecified atom stereocenters. The number of ether oxygens (including phenoxy) is 2. The van der Waals surface area contributed by atoms with E-state index in [1.54, 1.807) is 0 Å². The van der Waals surface area contributed by atoms with Gasteiger partial charge < -0.3 is 9.47 Å². The van der Waals surface area contributed by atoms with Crippen molar-refractivity contribution in [3.8, 4) is 0 Å². The summed E-state index contributed by atoms with van der Waals surface area (Å²) in [5.41, 5.74) is 0. The molecule has 0 saturated carbocycles. The van der Waals surface area contributed by atoms with E-state index in [1.807, 2.05) is 0 Å². The zero-order valence-corrected chi connectivity index (χ0v) is 9.72. The first-order valence-corrected chi connectivity index (χ1v) is 5.91. The molecule has 0 aromatic rings. The molecular weight excluding hydrogens is 206 g/mol. The number of carbonyl (C=O) groups excluding carboxylic acids is 1. The Morgan fingerprint density at radius 1 is 1.56 bits per heavy atom. The van der Waals surface area contributed by atoms with Crippen molar-refractivity contribution in [2.24, 2.45) is 0 Å². The third kappa shape index (κ3) is 2.62.